The molecule has 0 bridgehead atoms. The largest absolute Gasteiger partial charge is 0.446 e. The van der Waals surface area contributed by atoms with Gasteiger partial charge in [0.25, 0.3) is 0 Å². The Bertz CT molecular complexity index is 1070. The molecule has 0 radical (unpaired) electrons. The van der Waals surface area contributed by atoms with Gasteiger partial charge in [-0.1, -0.05) is 0 Å². The van der Waals surface area contributed by atoms with Gasteiger partial charge < -0.3 is 15.3 Å². The molecular weight excluding hydrogens is 487 g/mol. The number of aromatic nitrogens is 3. The smallest absolute Gasteiger partial charge is 0.394 e. The second-order valence-corrected chi connectivity index (χ2v) is 11.8. The van der Waals surface area contributed by atoms with Crippen molar-refractivity contribution in [2.24, 2.45) is 0 Å². The van der Waals surface area contributed by atoms with Gasteiger partial charge in [-0.2, -0.15) is 13.2 Å². The highest BCUT2D eigenvalue weighted by molar-refractivity contribution is 8.00. The number of hydrogen-bond acceptors (Lipinski definition) is 8. The van der Waals surface area contributed by atoms with E-state index < -0.39 is 16.3 Å². The van der Waals surface area contributed by atoms with Crippen LogP contribution in [0, 0.1) is 0 Å². The molecule has 0 unspecified atom stereocenters. The first-order valence-corrected chi connectivity index (χ1v) is 13.5. The summed E-state index contributed by atoms with van der Waals surface area (Å²) >= 11 is -0.209. The summed E-state index contributed by atoms with van der Waals surface area (Å²) in [7, 11) is -1.09. The molecule has 2 aromatic rings. The van der Waals surface area contributed by atoms with Crippen molar-refractivity contribution in [1.29, 1.82) is 0 Å². The third-order valence-corrected chi connectivity index (χ3v) is 9.05. The Kier molecular flexibility index (Phi) is 6.49. The lowest BCUT2D eigenvalue weighted by Gasteiger charge is -2.42. The molecule has 1 saturated carbocycles. The summed E-state index contributed by atoms with van der Waals surface area (Å²) in [6.07, 6.45) is 7.52. The first kappa shape index (κ1) is 23.8. The van der Waals surface area contributed by atoms with Gasteiger partial charge in [0, 0.05) is 37.2 Å². The van der Waals surface area contributed by atoms with E-state index in [1.165, 1.54) is 12.4 Å². The quantitative estimate of drug-likeness (QED) is 0.563. The summed E-state index contributed by atoms with van der Waals surface area (Å²) < 4.78 is 50.2. The van der Waals surface area contributed by atoms with Crippen LogP contribution < -0.4 is 10.2 Å². The molecule has 2 fully saturated rings. The number of rotatable bonds is 6. The molecule has 0 aromatic carbocycles. The number of aliphatic hydroxyl groups excluding tert-OH is 1. The fourth-order valence-corrected chi connectivity index (χ4v) is 6.68. The number of aryl methyl sites for hydroxylation is 1. The third-order valence-electron chi connectivity index (χ3n) is 6.88. The zero-order chi connectivity index (χ0) is 23.9. The number of aliphatic hydroxyl groups is 1. The maximum Gasteiger partial charge on any atom is 0.446 e. The molecule has 1 atom stereocenters. The maximum absolute atomic E-state index is 12.6. The minimum absolute atomic E-state index is 0.0134. The fourth-order valence-electron chi connectivity index (χ4n) is 4.83. The Morgan fingerprint density at radius 3 is 2.53 bits per heavy atom. The van der Waals surface area contributed by atoms with E-state index in [0.29, 0.717) is 30.5 Å². The summed E-state index contributed by atoms with van der Waals surface area (Å²) in [5.74, 6) is 2.68. The molecule has 5 rings (SSSR count). The second kappa shape index (κ2) is 9.27. The summed E-state index contributed by atoms with van der Waals surface area (Å²) in [6, 6.07) is 2.03. The highest BCUT2D eigenvalue weighted by Crippen LogP contribution is 2.40. The van der Waals surface area contributed by atoms with E-state index in [1.807, 2.05) is 6.07 Å². The number of nitrogens with one attached hydrogen (secondary N) is 1. The molecule has 0 amide bonds. The highest BCUT2D eigenvalue weighted by atomic mass is 32.2. The van der Waals surface area contributed by atoms with E-state index in [9.17, 15) is 22.5 Å². The molecule has 34 heavy (non-hydrogen) atoms. The van der Waals surface area contributed by atoms with Gasteiger partial charge in [0.15, 0.2) is 0 Å². The average Bonchev–Trinajstić information content (AvgIpc) is 3.17. The Morgan fingerprint density at radius 1 is 1.24 bits per heavy atom. The van der Waals surface area contributed by atoms with Crippen LogP contribution in [-0.2, 0) is 17.2 Å². The van der Waals surface area contributed by atoms with Crippen LogP contribution in [0.5, 0.6) is 0 Å². The van der Waals surface area contributed by atoms with E-state index >= 15 is 0 Å². The van der Waals surface area contributed by atoms with Crippen molar-refractivity contribution >= 4 is 34.2 Å². The van der Waals surface area contributed by atoms with E-state index in [0.717, 1.165) is 54.8 Å². The number of piperidine rings is 1. The van der Waals surface area contributed by atoms with Crippen molar-refractivity contribution in [1.82, 2.24) is 15.0 Å². The lowest BCUT2D eigenvalue weighted by molar-refractivity contribution is -0.0328. The minimum atomic E-state index is -4.35. The number of thioether (sulfide) groups is 1. The van der Waals surface area contributed by atoms with Crippen LogP contribution in [0.1, 0.15) is 49.4 Å². The van der Waals surface area contributed by atoms with Crippen LogP contribution in [-0.4, -0.2) is 60.8 Å². The summed E-state index contributed by atoms with van der Waals surface area (Å²) in [4.78, 5) is 16.2. The molecule has 4 heterocycles. The van der Waals surface area contributed by atoms with Gasteiger partial charge in [-0.15, -0.1) is 0 Å². The van der Waals surface area contributed by atoms with Crippen LogP contribution in [0.3, 0.4) is 0 Å². The van der Waals surface area contributed by atoms with Crippen molar-refractivity contribution in [2.45, 2.75) is 65.3 Å². The molecule has 3 aliphatic rings. The number of pyridine rings is 1. The molecule has 1 aliphatic carbocycles. The summed E-state index contributed by atoms with van der Waals surface area (Å²) in [6.45, 7) is 1.45. The minimum Gasteiger partial charge on any atom is -0.394 e. The van der Waals surface area contributed by atoms with Crippen molar-refractivity contribution in [3.8, 4) is 0 Å². The molecule has 7 nitrogen and oxygen atoms in total. The van der Waals surface area contributed by atoms with Crippen molar-refractivity contribution in [3.05, 3.63) is 29.8 Å². The topological polar surface area (TPSA) is 91.2 Å². The first-order valence-electron chi connectivity index (χ1n) is 11.4. The van der Waals surface area contributed by atoms with Crippen LogP contribution in [0.4, 0.5) is 24.8 Å². The standard InChI is InChI=1S/C22H26F3N5O2S2/c23-22(24,25)33-16-11-26-19(27-12-16)14-2-7-30(8-3-14)17-10-15-4-9-34(32)18(15)20(28-17)29-21(13-31)5-1-6-21/h10-12,14,31H,1-9,13H2,(H,28,29)/t34-/m0/s1. The molecule has 1 saturated heterocycles. The first-order chi connectivity index (χ1) is 16.3. The fraction of sp³-hybridized carbons (Fsp3) is 0.591. The van der Waals surface area contributed by atoms with Gasteiger partial charge >= 0.3 is 5.51 Å². The van der Waals surface area contributed by atoms with E-state index in [-0.39, 0.29) is 34.7 Å². The predicted octanol–water partition coefficient (Wildman–Crippen LogP) is 3.86. The monoisotopic (exact) mass is 513 g/mol. The Morgan fingerprint density at radius 2 is 1.94 bits per heavy atom. The second-order valence-electron chi connectivity index (χ2n) is 9.12. The van der Waals surface area contributed by atoms with Crippen LogP contribution >= 0.6 is 11.8 Å². The number of halogens is 3. The number of alkyl halides is 3. The van der Waals surface area contributed by atoms with Gasteiger partial charge in [0.05, 0.1) is 32.7 Å². The highest BCUT2D eigenvalue weighted by Gasteiger charge is 2.39. The average molecular weight is 514 g/mol. The van der Waals surface area contributed by atoms with Crippen molar-refractivity contribution in [3.63, 3.8) is 0 Å². The van der Waals surface area contributed by atoms with Gasteiger partial charge in [0.2, 0.25) is 0 Å². The number of nitrogens with zero attached hydrogens (tertiary/aromatic N) is 4. The Hall–Kier alpha value is -1.92. The maximum atomic E-state index is 12.6. The van der Waals surface area contributed by atoms with Crippen molar-refractivity contribution < 1.29 is 22.5 Å². The molecule has 2 aliphatic heterocycles. The molecule has 2 N–H and O–H groups in total. The van der Waals surface area contributed by atoms with Gasteiger partial charge in [-0.3, -0.25) is 4.21 Å². The van der Waals surface area contributed by atoms with Crippen molar-refractivity contribution in [2.75, 3.05) is 35.7 Å². The van der Waals surface area contributed by atoms with Gasteiger partial charge in [-0.25, -0.2) is 15.0 Å². The zero-order valence-electron chi connectivity index (χ0n) is 18.5. The number of fused-ring (bicyclic) bond motifs is 1. The van der Waals surface area contributed by atoms with Gasteiger partial charge in [-0.05, 0) is 61.9 Å². The Labute approximate surface area is 202 Å². The van der Waals surface area contributed by atoms with Crippen LogP contribution in [0.25, 0.3) is 0 Å². The summed E-state index contributed by atoms with van der Waals surface area (Å²) in [5.41, 5.74) is -3.69. The summed E-state index contributed by atoms with van der Waals surface area (Å²) in [5, 5.41) is 13.3. The lowest BCUT2D eigenvalue weighted by atomic mass is 9.77. The third kappa shape index (κ3) is 4.90. The molecule has 0 spiro atoms. The zero-order valence-corrected chi connectivity index (χ0v) is 20.1. The molecular formula is C22H26F3N5O2S2. The number of hydrogen-bond donors (Lipinski definition) is 2. The van der Waals surface area contributed by atoms with E-state index in [1.54, 1.807) is 0 Å². The molecule has 184 valence electrons. The van der Waals surface area contributed by atoms with Crippen LogP contribution in [0.2, 0.25) is 0 Å². The number of anilines is 2. The van der Waals surface area contributed by atoms with E-state index in [4.69, 9.17) is 4.98 Å². The normalized spacial score (nSPS) is 22.4. The molecule has 2 aromatic heterocycles. The van der Waals surface area contributed by atoms with E-state index in [2.05, 4.69) is 20.2 Å². The van der Waals surface area contributed by atoms with Crippen LogP contribution in [0.15, 0.2) is 28.3 Å². The SMILES string of the molecule is O=[S@]1CCc2cc(N3CCC(c4ncc(SC(F)(F)F)cn4)CC3)nc(NC3(CO)CCC3)c21. The van der Waals surface area contributed by atoms with Gasteiger partial charge in [0.1, 0.15) is 17.5 Å². The predicted molar refractivity (Wildman–Crippen MR) is 125 cm³/mol. The Balaban J connectivity index is 1.29. The molecule has 12 heteroatoms. The lowest BCUT2D eigenvalue weighted by Crippen LogP contribution is -2.48.